The van der Waals surface area contributed by atoms with Gasteiger partial charge in [0.2, 0.25) is 0 Å². The van der Waals surface area contributed by atoms with Gasteiger partial charge in [-0.3, -0.25) is 4.90 Å². The van der Waals surface area contributed by atoms with Crippen molar-refractivity contribution in [2.75, 3.05) is 4.90 Å². The lowest BCUT2D eigenvalue weighted by Crippen LogP contribution is -2.44. The monoisotopic (exact) mass is 369 g/mol. The van der Waals surface area contributed by atoms with Crippen LogP contribution in [0.2, 0.25) is 0 Å². The van der Waals surface area contributed by atoms with Gasteiger partial charge in [0.15, 0.2) is 0 Å². The molecule has 0 N–H and O–H groups in total. The molecule has 3 rings (SSSR count). The molecule has 1 heterocycles. The van der Waals surface area contributed by atoms with Gasteiger partial charge in [-0.2, -0.15) is 0 Å². The SMILES string of the molecule is C=CCC1C(Br)=Cc2ccccc2N1C(=O)Oc1ccccc1. The number of anilines is 1. The number of para-hydroxylation sites is 2. The molecule has 1 amide bonds. The average molecular weight is 370 g/mol. The minimum Gasteiger partial charge on any atom is -0.410 e. The van der Waals surface area contributed by atoms with E-state index in [-0.39, 0.29) is 6.04 Å². The van der Waals surface area contributed by atoms with Gasteiger partial charge in [0, 0.05) is 4.48 Å². The number of ether oxygens (including phenoxy) is 1. The maximum Gasteiger partial charge on any atom is 0.420 e. The quantitative estimate of drug-likeness (QED) is 0.679. The maximum atomic E-state index is 12.8. The molecule has 3 nitrogen and oxygen atoms in total. The Balaban J connectivity index is 1.97. The second kappa shape index (κ2) is 6.84. The number of hydrogen-bond acceptors (Lipinski definition) is 2. The van der Waals surface area contributed by atoms with E-state index in [4.69, 9.17) is 4.74 Å². The van der Waals surface area contributed by atoms with Crippen molar-refractivity contribution in [2.45, 2.75) is 12.5 Å². The van der Waals surface area contributed by atoms with Crippen molar-refractivity contribution in [1.82, 2.24) is 0 Å². The summed E-state index contributed by atoms with van der Waals surface area (Å²) >= 11 is 3.58. The highest BCUT2D eigenvalue weighted by molar-refractivity contribution is 9.11. The van der Waals surface area contributed by atoms with E-state index in [1.807, 2.05) is 48.5 Å². The fourth-order valence-electron chi connectivity index (χ4n) is 2.60. The molecule has 23 heavy (non-hydrogen) atoms. The van der Waals surface area contributed by atoms with Crippen molar-refractivity contribution in [3.8, 4) is 5.75 Å². The van der Waals surface area contributed by atoms with Crippen molar-refractivity contribution < 1.29 is 9.53 Å². The Morgan fingerprint density at radius 3 is 2.61 bits per heavy atom. The van der Waals surface area contributed by atoms with Gasteiger partial charge in [0.25, 0.3) is 0 Å². The van der Waals surface area contributed by atoms with Gasteiger partial charge < -0.3 is 4.74 Å². The molecule has 116 valence electrons. The molecule has 0 saturated carbocycles. The van der Waals surface area contributed by atoms with E-state index in [0.717, 1.165) is 15.7 Å². The summed E-state index contributed by atoms with van der Waals surface area (Å²) in [7, 11) is 0. The van der Waals surface area contributed by atoms with Gasteiger partial charge in [0.1, 0.15) is 5.75 Å². The normalized spacial score (nSPS) is 16.3. The van der Waals surface area contributed by atoms with Crippen LogP contribution in [0.5, 0.6) is 5.75 Å². The lowest BCUT2D eigenvalue weighted by Gasteiger charge is -2.34. The Morgan fingerprint density at radius 2 is 1.87 bits per heavy atom. The number of rotatable bonds is 3. The minimum absolute atomic E-state index is 0.154. The molecule has 0 fully saturated rings. The molecule has 1 unspecified atom stereocenters. The highest BCUT2D eigenvalue weighted by Gasteiger charge is 2.32. The van der Waals surface area contributed by atoms with Crippen LogP contribution in [0.25, 0.3) is 6.08 Å². The zero-order chi connectivity index (χ0) is 16.2. The van der Waals surface area contributed by atoms with Gasteiger partial charge >= 0.3 is 6.09 Å². The molecule has 0 aliphatic carbocycles. The Kier molecular flexibility index (Phi) is 4.63. The fourth-order valence-corrected chi connectivity index (χ4v) is 3.24. The maximum absolute atomic E-state index is 12.8. The number of carbonyl (C=O) groups is 1. The van der Waals surface area contributed by atoms with E-state index in [0.29, 0.717) is 12.2 Å². The second-order valence-corrected chi connectivity index (χ2v) is 6.09. The van der Waals surface area contributed by atoms with Crippen molar-refractivity contribution in [3.05, 3.63) is 77.3 Å². The number of fused-ring (bicyclic) bond motifs is 1. The first-order valence-corrected chi connectivity index (χ1v) is 8.13. The van der Waals surface area contributed by atoms with E-state index >= 15 is 0 Å². The zero-order valence-corrected chi connectivity index (χ0v) is 14.1. The van der Waals surface area contributed by atoms with E-state index in [1.165, 1.54) is 0 Å². The summed E-state index contributed by atoms with van der Waals surface area (Å²) in [6.07, 6.45) is 4.07. The van der Waals surface area contributed by atoms with Gasteiger partial charge in [-0.15, -0.1) is 6.58 Å². The van der Waals surface area contributed by atoms with Gasteiger partial charge in [0.05, 0.1) is 11.7 Å². The van der Waals surface area contributed by atoms with E-state index < -0.39 is 6.09 Å². The summed E-state index contributed by atoms with van der Waals surface area (Å²) in [6.45, 7) is 3.80. The summed E-state index contributed by atoms with van der Waals surface area (Å²) in [5.74, 6) is 0.526. The molecule has 4 heteroatoms. The fraction of sp³-hybridized carbons (Fsp3) is 0.105. The molecule has 2 aromatic carbocycles. The first-order valence-electron chi connectivity index (χ1n) is 7.34. The molecule has 1 aliphatic heterocycles. The molecule has 0 bridgehead atoms. The van der Waals surface area contributed by atoms with E-state index in [1.54, 1.807) is 23.1 Å². The highest BCUT2D eigenvalue weighted by atomic mass is 79.9. The number of carbonyl (C=O) groups excluding carboxylic acids is 1. The Hall–Kier alpha value is -2.33. The van der Waals surface area contributed by atoms with Crippen LogP contribution in [-0.2, 0) is 0 Å². The van der Waals surface area contributed by atoms with Crippen LogP contribution < -0.4 is 9.64 Å². The Labute approximate surface area is 144 Å². The van der Waals surface area contributed by atoms with Crippen LogP contribution in [0.3, 0.4) is 0 Å². The van der Waals surface area contributed by atoms with Gasteiger partial charge in [-0.25, -0.2) is 4.79 Å². The molecular formula is C19H16BrNO2. The lowest BCUT2D eigenvalue weighted by molar-refractivity contribution is 0.206. The van der Waals surface area contributed by atoms with Crippen LogP contribution in [0.15, 0.2) is 71.7 Å². The predicted molar refractivity (Wildman–Crippen MR) is 96.9 cm³/mol. The lowest BCUT2D eigenvalue weighted by atomic mass is 10.0. The number of hydrogen-bond donors (Lipinski definition) is 0. The standard InChI is InChI=1S/C19H16BrNO2/c1-2-8-18-16(20)13-14-9-6-7-12-17(14)21(18)19(22)23-15-10-4-3-5-11-15/h2-7,9-13,18H,1,8H2. The van der Waals surface area contributed by atoms with Gasteiger partial charge in [-0.05, 0) is 36.3 Å². The van der Waals surface area contributed by atoms with Crippen LogP contribution in [0, 0.1) is 0 Å². The third-order valence-electron chi connectivity index (χ3n) is 3.65. The van der Waals surface area contributed by atoms with Crippen LogP contribution in [-0.4, -0.2) is 12.1 Å². The third-order valence-corrected chi connectivity index (χ3v) is 4.41. The van der Waals surface area contributed by atoms with Crippen molar-refractivity contribution in [3.63, 3.8) is 0 Å². The molecule has 0 saturated heterocycles. The molecule has 2 aromatic rings. The smallest absolute Gasteiger partial charge is 0.410 e. The summed E-state index contributed by atoms with van der Waals surface area (Å²) in [4.78, 5) is 14.5. The second-order valence-electron chi connectivity index (χ2n) is 5.18. The summed E-state index contributed by atoms with van der Waals surface area (Å²) in [5.41, 5.74) is 1.81. The summed E-state index contributed by atoms with van der Waals surface area (Å²) < 4.78 is 6.47. The first kappa shape index (κ1) is 15.6. The molecule has 1 aliphatic rings. The number of amides is 1. The zero-order valence-electron chi connectivity index (χ0n) is 12.5. The van der Waals surface area contributed by atoms with Gasteiger partial charge in [-0.1, -0.05) is 58.4 Å². The van der Waals surface area contributed by atoms with Crippen molar-refractivity contribution in [2.24, 2.45) is 0 Å². The Bertz CT molecular complexity index is 755. The largest absolute Gasteiger partial charge is 0.420 e. The number of halogens is 1. The molecule has 0 radical (unpaired) electrons. The van der Waals surface area contributed by atoms with Crippen molar-refractivity contribution >= 4 is 33.8 Å². The summed E-state index contributed by atoms with van der Waals surface area (Å²) in [5, 5.41) is 0. The third kappa shape index (κ3) is 3.22. The number of nitrogens with zero attached hydrogens (tertiary/aromatic N) is 1. The molecule has 1 atom stereocenters. The first-order chi connectivity index (χ1) is 11.2. The average Bonchev–Trinajstić information content (AvgIpc) is 2.56. The van der Waals surface area contributed by atoms with Crippen LogP contribution in [0.4, 0.5) is 10.5 Å². The Morgan fingerprint density at radius 1 is 1.17 bits per heavy atom. The van der Waals surface area contributed by atoms with Crippen LogP contribution in [0.1, 0.15) is 12.0 Å². The highest BCUT2D eigenvalue weighted by Crippen LogP contribution is 2.37. The molecule has 0 aromatic heterocycles. The van der Waals surface area contributed by atoms with Crippen LogP contribution >= 0.6 is 15.9 Å². The van der Waals surface area contributed by atoms with E-state index in [9.17, 15) is 4.79 Å². The predicted octanol–water partition coefficient (Wildman–Crippen LogP) is 5.39. The molecule has 0 spiro atoms. The summed E-state index contributed by atoms with van der Waals surface area (Å²) in [6, 6.07) is 16.7. The van der Waals surface area contributed by atoms with Crippen molar-refractivity contribution in [1.29, 1.82) is 0 Å². The molecular weight excluding hydrogens is 354 g/mol. The topological polar surface area (TPSA) is 29.5 Å². The number of benzene rings is 2. The minimum atomic E-state index is -0.402. The van der Waals surface area contributed by atoms with E-state index in [2.05, 4.69) is 22.5 Å².